The Hall–Kier alpha value is -0.790. The normalized spacial score (nSPS) is 18.6. The summed E-state index contributed by atoms with van der Waals surface area (Å²) in [6.45, 7) is 22.6. The molecule has 0 saturated carbocycles. The molecule has 8 heteroatoms. The van der Waals surface area contributed by atoms with Gasteiger partial charge in [0.25, 0.3) is 0 Å². The van der Waals surface area contributed by atoms with Crippen molar-refractivity contribution in [1.82, 2.24) is 0 Å². The molecule has 0 rings (SSSR count). The van der Waals surface area contributed by atoms with Gasteiger partial charge in [0.05, 0.1) is 18.3 Å². The van der Waals surface area contributed by atoms with Crippen LogP contribution in [0.4, 0.5) is 0 Å². The zero-order valence-corrected chi connectivity index (χ0v) is 23.9. The summed E-state index contributed by atoms with van der Waals surface area (Å²) in [5.74, 6) is 0. The maximum Gasteiger partial charge on any atom is 0.481 e. The molecule has 0 bridgehead atoms. The van der Waals surface area contributed by atoms with Gasteiger partial charge in [-0.1, -0.05) is 58.3 Å². The van der Waals surface area contributed by atoms with E-state index in [4.69, 9.17) is 27.8 Å². The first kappa shape index (κ1) is 34.2. The molecule has 0 aliphatic carbocycles. The molecule has 6 unspecified atom stereocenters. The molecular weight excluding hydrogens is 467 g/mol. The van der Waals surface area contributed by atoms with Crippen molar-refractivity contribution in [3.8, 4) is 0 Å². The standard InChI is InChI=1S/C27H51O7P/c1-10-16-25(17-11-2)29-22(7)32-35(28,33-23(8)30-26(18-12-3)19-13-4)34-24(9)31-27(20-14-5)21-15-6/h10,12,14,22-27H,1,3,5,11,13,15-21H2,2,4,6-9H3. The van der Waals surface area contributed by atoms with Crippen molar-refractivity contribution >= 4 is 7.82 Å². The first-order valence-electron chi connectivity index (χ1n) is 13.1. The minimum Gasteiger partial charge on any atom is -0.349 e. The highest BCUT2D eigenvalue weighted by molar-refractivity contribution is 7.48. The minimum atomic E-state index is -4.12. The number of phosphoric acid groups is 1. The second-order valence-corrected chi connectivity index (χ2v) is 10.2. The third kappa shape index (κ3) is 16.6. The lowest BCUT2D eigenvalue weighted by molar-refractivity contribution is -0.176. The molecule has 0 aliphatic rings. The Morgan fingerprint density at radius 2 is 0.857 bits per heavy atom. The molecule has 7 nitrogen and oxygen atoms in total. The highest BCUT2D eigenvalue weighted by atomic mass is 31.2. The zero-order valence-electron chi connectivity index (χ0n) is 23.0. The fourth-order valence-corrected chi connectivity index (χ4v) is 5.14. The van der Waals surface area contributed by atoms with E-state index in [-0.39, 0.29) is 18.3 Å². The number of phosphoric ester groups is 1. The minimum absolute atomic E-state index is 0.105. The Labute approximate surface area is 214 Å². The molecule has 0 radical (unpaired) electrons. The van der Waals surface area contributed by atoms with Gasteiger partial charge < -0.3 is 14.2 Å². The zero-order chi connectivity index (χ0) is 26.7. The van der Waals surface area contributed by atoms with Crippen LogP contribution in [-0.2, 0) is 32.3 Å². The van der Waals surface area contributed by atoms with E-state index in [9.17, 15) is 4.57 Å². The quantitative estimate of drug-likeness (QED) is 0.0721. The fourth-order valence-electron chi connectivity index (χ4n) is 3.76. The molecule has 0 aliphatic heterocycles. The fraction of sp³-hybridized carbons (Fsp3) is 0.778. The van der Waals surface area contributed by atoms with Crippen LogP contribution in [0.3, 0.4) is 0 Å². The molecule has 0 N–H and O–H groups in total. The van der Waals surface area contributed by atoms with Gasteiger partial charge in [-0.15, -0.1) is 19.7 Å². The van der Waals surface area contributed by atoms with Crippen LogP contribution < -0.4 is 0 Å². The molecule has 35 heavy (non-hydrogen) atoms. The Morgan fingerprint density at radius 3 is 1.06 bits per heavy atom. The van der Waals surface area contributed by atoms with Crippen LogP contribution in [0.2, 0.25) is 0 Å². The third-order valence-electron chi connectivity index (χ3n) is 5.11. The van der Waals surface area contributed by atoms with E-state index in [1.165, 1.54) is 0 Å². The predicted molar refractivity (Wildman–Crippen MR) is 143 cm³/mol. The molecule has 0 aromatic heterocycles. The lowest BCUT2D eigenvalue weighted by atomic mass is 10.1. The molecule has 0 heterocycles. The Kier molecular flexibility index (Phi) is 19.8. The van der Waals surface area contributed by atoms with Crippen molar-refractivity contribution in [2.75, 3.05) is 0 Å². The van der Waals surface area contributed by atoms with Crippen LogP contribution in [0.5, 0.6) is 0 Å². The van der Waals surface area contributed by atoms with Gasteiger partial charge in [-0.25, -0.2) is 4.57 Å². The van der Waals surface area contributed by atoms with Crippen LogP contribution in [0, 0.1) is 0 Å². The molecule has 0 amide bonds. The van der Waals surface area contributed by atoms with E-state index in [1.54, 1.807) is 39.0 Å². The maximum atomic E-state index is 13.8. The molecule has 0 spiro atoms. The average Bonchev–Trinajstić information content (AvgIpc) is 2.74. The number of hydrogen-bond donors (Lipinski definition) is 0. The summed E-state index contributed by atoms with van der Waals surface area (Å²) >= 11 is 0. The molecule has 0 aromatic rings. The highest BCUT2D eigenvalue weighted by Gasteiger charge is 2.36. The first-order valence-corrected chi connectivity index (χ1v) is 14.6. The average molecular weight is 519 g/mol. The van der Waals surface area contributed by atoms with Crippen LogP contribution >= 0.6 is 7.82 Å². The van der Waals surface area contributed by atoms with Crippen LogP contribution in [0.1, 0.15) is 99.3 Å². The van der Waals surface area contributed by atoms with Crippen molar-refractivity contribution in [3.05, 3.63) is 38.0 Å². The maximum absolute atomic E-state index is 13.8. The lowest BCUT2D eigenvalue weighted by Crippen LogP contribution is -2.27. The van der Waals surface area contributed by atoms with Gasteiger partial charge in [0.2, 0.25) is 0 Å². The summed E-state index contributed by atoms with van der Waals surface area (Å²) in [6, 6.07) is 0. The predicted octanol–water partition coefficient (Wildman–Crippen LogP) is 8.47. The van der Waals surface area contributed by atoms with Gasteiger partial charge in [-0.2, -0.15) is 0 Å². The second kappa shape index (κ2) is 20.3. The largest absolute Gasteiger partial charge is 0.481 e. The van der Waals surface area contributed by atoms with Crippen LogP contribution in [0.25, 0.3) is 0 Å². The van der Waals surface area contributed by atoms with Gasteiger partial charge in [0.1, 0.15) is 0 Å². The Balaban J connectivity index is 5.50. The van der Waals surface area contributed by atoms with Crippen LogP contribution in [-0.4, -0.2) is 37.2 Å². The first-order chi connectivity index (χ1) is 16.7. The van der Waals surface area contributed by atoms with Crippen LogP contribution in [0.15, 0.2) is 38.0 Å². The molecular formula is C27H51O7P. The monoisotopic (exact) mass is 518 g/mol. The number of ether oxygens (including phenoxy) is 3. The van der Waals surface area contributed by atoms with Gasteiger partial charge >= 0.3 is 7.82 Å². The summed E-state index contributed by atoms with van der Waals surface area (Å²) < 4.78 is 49.0. The summed E-state index contributed by atoms with van der Waals surface area (Å²) in [6.07, 6.45) is 9.84. The molecule has 0 aromatic carbocycles. The summed E-state index contributed by atoms with van der Waals surface area (Å²) in [5.41, 5.74) is 0. The lowest BCUT2D eigenvalue weighted by Gasteiger charge is -2.30. The van der Waals surface area contributed by atoms with E-state index >= 15 is 0 Å². The van der Waals surface area contributed by atoms with Gasteiger partial charge in [0, 0.05) is 0 Å². The van der Waals surface area contributed by atoms with Crippen molar-refractivity contribution in [2.45, 2.75) is 137 Å². The van der Waals surface area contributed by atoms with E-state index in [0.29, 0.717) is 19.3 Å². The van der Waals surface area contributed by atoms with Gasteiger partial charge in [0.15, 0.2) is 18.9 Å². The highest BCUT2D eigenvalue weighted by Crippen LogP contribution is 2.53. The number of rotatable bonds is 24. The Morgan fingerprint density at radius 1 is 0.600 bits per heavy atom. The van der Waals surface area contributed by atoms with Crippen molar-refractivity contribution < 1.29 is 32.3 Å². The molecule has 0 saturated heterocycles. The van der Waals surface area contributed by atoms with E-state index in [1.807, 2.05) is 0 Å². The summed E-state index contributed by atoms with van der Waals surface area (Å²) in [7, 11) is -4.12. The van der Waals surface area contributed by atoms with Gasteiger partial charge in [-0.05, 0) is 59.3 Å². The van der Waals surface area contributed by atoms with E-state index in [2.05, 4.69) is 40.5 Å². The Bertz CT molecular complexity index is 532. The second-order valence-electron chi connectivity index (χ2n) is 8.68. The van der Waals surface area contributed by atoms with Crippen molar-refractivity contribution in [3.63, 3.8) is 0 Å². The molecule has 6 atom stereocenters. The number of hydrogen-bond acceptors (Lipinski definition) is 7. The topological polar surface area (TPSA) is 72.5 Å². The van der Waals surface area contributed by atoms with E-state index < -0.39 is 26.7 Å². The smallest absolute Gasteiger partial charge is 0.349 e. The summed E-state index contributed by atoms with van der Waals surface area (Å²) in [4.78, 5) is 0. The van der Waals surface area contributed by atoms with Crippen molar-refractivity contribution in [2.24, 2.45) is 0 Å². The molecule has 206 valence electrons. The van der Waals surface area contributed by atoms with Gasteiger partial charge in [-0.3, -0.25) is 13.6 Å². The SMILES string of the molecule is C=CCC(CCC)OC(C)OP(=O)(OC(C)OC(CC=C)CCC)OC(C)OC(CC=C)CCC. The molecule has 0 fully saturated rings. The van der Waals surface area contributed by atoms with Crippen molar-refractivity contribution in [1.29, 1.82) is 0 Å². The van der Waals surface area contributed by atoms with E-state index in [0.717, 1.165) is 38.5 Å². The summed E-state index contributed by atoms with van der Waals surface area (Å²) in [5, 5.41) is 0. The third-order valence-corrected chi connectivity index (χ3v) is 6.77.